The van der Waals surface area contributed by atoms with E-state index < -0.39 is 0 Å². The molecule has 3 atom stereocenters. The standard InChI is InChI=1S/C13H25N3O/c1-10-5-4-6-11(9-10)16-8-3-2-7-12(16)13(14)15-17/h10-12,17H,2-9H2,1H3,(H2,14,15). The average molecular weight is 239 g/mol. The van der Waals surface area contributed by atoms with Gasteiger partial charge in [-0.2, -0.15) is 0 Å². The second kappa shape index (κ2) is 5.71. The first kappa shape index (κ1) is 12.7. The number of hydrogen-bond acceptors (Lipinski definition) is 3. The van der Waals surface area contributed by atoms with Crippen molar-refractivity contribution >= 4 is 5.84 Å². The highest BCUT2D eigenvalue weighted by molar-refractivity contribution is 5.85. The van der Waals surface area contributed by atoms with Crippen molar-refractivity contribution < 1.29 is 5.21 Å². The summed E-state index contributed by atoms with van der Waals surface area (Å²) in [5.41, 5.74) is 5.84. The molecule has 0 aromatic carbocycles. The zero-order valence-corrected chi connectivity index (χ0v) is 10.8. The first-order valence-electron chi connectivity index (χ1n) is 6.95. The summed E-state index contributed by atoms with van der Waals surface area (Å²) in [6.45, 7) is 3.45. The molecule has 2 fully saturated rings. The zero-order chi connectivity index (χ0) is 12.3. The number of nitrogens with two attached hydrogens (primary N) is 1. The van der Waals surface area contributed by atoms with Gasteiger partial charge in [0.05, 0.1) is 6.04 Å². The first-order chi connectivity index (χ1) is 8.22. The van der Waals surface area contributed by atoms with E-state index >= 15 is 0 Å². The topological polar surface area (TPSA) is 61.8 Å². The van der Waals surface area contributed by atoms with Gasteiger partial charge in [-0.05, 0) is 38.1 Å². The predicted octanol–water partition coefficient (Wildman–Crippen LogP) is 2.17. The third-order valence-electron chi connectivity index (χ3n) is 4.38. The molecule has 1 saturated carbocycles. The molecule has 1 heterocycles. The highest BCUT2D eigenvalue weighted by Crippen LogP contribution is 2.31. The zero-order valence-electron chi connectivity index (χ0n) is 10.8. The Labute approximate surface area is 104 Å². The third kappa shape index (κ3) is 2.92. The number of piperidine rings is 1. The Kier molecular flexibility index (Phi) is 4.26. The molecule has 0 aromatic rings. The Morgan fingerprint density at radius 3 is 2.76 bits per heavy atom. The molecule has 3 unspecified atom stereocenters. The molecule has 4 heteroatoms. The van der Waals surface area contributed by atoms with Crippen LogP contribution in [0.3, 0.4) is 0 Å². The van der Waals surface area contributed by atoms with Gasteiger partial charge in [-0.3, -0.25) is 4.90 Å². The van der Waals surface area contributed by atoms with Crippen molar-refractivity contribution in [3.8, 4) is 0 Å². The molecule has 0 radical (unpaired) electrons. The summed E-state index contributed by atoms with van der Waals surface area (Å²) in [4.78, 5) is 2.49. The van der Waals surface area contributed by atoms with Gasteiger partial charge in [0, 0.05) is 6.04 Å². The number of likely N-dealkylation sites (tertiary alicyclic amines) is 1. The lowest BCUT2D eigenvalue weighted by Gasteiger charge is -2.43. The SMILES string of the molecule is CC1CCCC(N2CCCCC2C(N)=NO)C1. The smallest absolute Gasteiger partial charge is 0.156 e. The van der Waals surface area contributed by atoms with E-state index in [1.807, 2.05) is 0 Å². The maximum Gasteiger partial charge on any atom is 0.156 e. The molecule has 98 valence electrons. The summed E-state index contributed by atoms with van der Waals surface area (Å²) >= 11 is 0. The van der Waals surface area contributed by atoms with E-state index in [4.69, 9.17) is 10.9 Å². The minimum atomic E-state index is 0.170. The summed E-state index contributed by atoms with van der Waals surface area (Å²) < 4.78 is 0. The van der Waals surface area contributed by atoms with Crippen LogP contribution in [0.15, 0.2) is 5.16 Å². The van der Waals surface area contributed by atoms with Crippen LogP contribution < -0.4 is 5.73 Å². The van der Waals surface area contributed by atoms with Crippen LogP contribution in [0.5, 0.6) is 0 Å². The van der Waals surface area contributed by atoms with Crippen LogP contribution in [0.4, 0.5) is 0 Å². The normalized spacial score (nSPS) is 37.0. The number of rotatable bonds is 2. The number of amidine groups is 1. The highest BCUT2D eigenvalue weighted by atomic mass is 16.4. The fourth-order valence-corrected chi connectivity index (χ4v) is 3.48. The van der Waals surface area contributed by atoms with Crippen molar-refractivity contribution in [3.63, 3.8) is 0 Å². The van der Waals surface area contributed by atoms with E-state index in [0.717, 1.165) is 18.9 Å². The molecule has 0 aromatic heterocycles. The minimum absolute atomic E-state index is 0.170. The van der Waals surface area contributed by atoms with Gasteiger partial charge < -0.3 is 10.9 Å². The third-order valence-corrected chi connectivity index (χ3v) is 4.38. The van der Waals surface area contributed by atoms with Crippen molar-refractivity contribution in [1.29, 1.82) is 0 Å². The van der Waals surface area contributed by atoms with Crippen LogP contribution in [0.25, 0.3) is 0 Å². The van der Waals surface area contributed by atoms with Gasteiger partial charge in [0.15, 0.2) is 5.84 Å². The molecule has 1 aliphatic carbocycles. The Morgan fingerprint density at radius 2 is 2.06 bits per heavy atom. The van der Waals surface area contributed by atoms with E-state index in [1.165, 1.54) is 38.5 Å². The summed E-state index contributed by atoms with van der Waals surface area (Å²) in [6.07, 6.45) is 8.72. The van der Waals surface area contributed by atoms with Gasteiger partial charge in [0.1, 0.15) is 0 Å². The summed E-state index contributed by atoms with van der Waals surface area (Å²) in [5, 5.41) is 12.1. The van der Waals surface area contributed by atoms with Crippen molar-refractivity contribution in [2.24, 2.45) is 16.8 Å². The largest absolute Gasteiger partial charge is 0.409 e. The predicted molar refractivity (Wildman–Crippen MR) is 69.2 cm³/mol. The summed E-state index contributed by atoms with van der Waals surface area (Å²) in [7, 11) is 0. The van der Waals surface area contributed by atoms with Gasteiger partial charge in [-0.1, -0.05) is 31.3 Å². The number of hydrogen-bond donors (Lipinski definition) is 2. The molecule has 2 aliphatic rings. The number of oxime groups is 1. The minimum Gasteiger partial charge on any atom is -0.409 e. The second-order valence-corrected chi connectivity index (χ2v) is 5.70. The van der Waals surface area contributed by atoms with Gasteiger partial charge in [-0.15, -0.1) is 0 Å². The molecular weight excluding hydrogens is 214 g/mol. The van der Waals surface area contributed by atoms with Crippen LogP contribution in [-0.4, -0.2) is 34.6 Å². The second-order valence-electron chi connectivity index (χ2n) is 5.70. The highest BCUT2D eigenvalue weighted by Gasteiger charge is 2.33. The fraction of sp³-hybridized carbons (Fsp3) is 0.923. The van der Waals surface area contributed by atoms with Crippen LogP contribution in [0, 0.1) is 5.92 Å². The Balaban J connectivity index is 2.05. The Bertz CT molecular complexity index is 280. The molecule has 0 amide bonds. The van der Waals surface area contributed by atoms with Crippen molar-refractivity contribution in [2.75, 3.05) is 6.54 Å². The van der Waals surface area contributed by atoms with Gasteiger partial charge in [-0.25, -0.2) is 0 Å². The van der Waals surface area contributed by atoms with Crippen molar-refractivity contribution in [3.05, 3.63) is 0 Å². The Hall–Kier alpha value is -0.770. The van der Waals surface area contributed by atoms with E-state index in [2.05, 4.69) is 17.0 Å². The summed E-state index contributed by atoms with van der Waals surface area (Å²) in [6, 6.07) is 0.813. The van der Waals surface area contributed by atoms with Crippen molar-refractivity contribution in [1.82, 2.24) is 4.90 Å². The molecular formula is C13H25N3O. The molecule has 4 nitrogen and oxygen atoms in total. The van der Waals surface area contributed by atoms with Crippen molar-refractivity contribution in [2.45, 2.75) is 64.0 Å². The lowest BCUT2D eigenvalue weighted by molar-refractivity contribution is 0.0873. The average Bonchev–Trinajstić information content (AvgIpc) is 2.38. The maximum absolute atomic E-state index is 8.89. The molecule has 3 N–H and O–H groups in total. The molecule has 0 spiro atoms. The molecule has 17 heavy (non-hydrogen) atoms. The van der Waals surface area contributed by atoms with Crippen LogP contribution >= 0.6 is 0 Å². The van der Waals surface area contributed by atoms with Crippen LogP contribution in [0.1, 0.15) is 51.9 Å². The van der Waals surface area contributed by atoms with Gasteiger partial charge in [0.25, 0.3) is 0 Å². The van der Waals surface area contributed by atoms with E-state index in [1.54, 1.807) is 0 Å². The van der Waals surface area contributed by atoms with E-state index in [9.17, 15) is 0 Å². The quantitative estimate of drug-likeness (QED) is 0.336. The van der Waals surface area contributed by atoms with Crippen LogP contribution in [-0.2, 0) is 0 Å². The Morgan fingerprint density at radius 1 is 1.24 bits per heavy atom. The summed E-state index contributed by atoms with van der Waals surface area (Å²) in [5.74, 6) is 1.23. The monoisotopic (exact) mass is 239 g/mol. The molecule has 1 aliphatic heterocycles. The fourth-order valence-electron chi connectivity index (χ4n) is 3.48. The first-order valence-corrected chi connectivity index (χ1v) is 6.95. The maximum atomic E-state index is 8.89. The van der Waals surface area contributed by atoms with Crippen LogP contribution in [0.2, 0.25) is 0 Å². The molecule has 0 bridgehead atoms. The lowest BCUT2D eigenvalue weighted by atomic mass is 9.84. The van der Waals surface area contributed by atoms with E-state index in [0.29, 0.717) is 11.9 Å². The van der Waals surface area contributed by atoms with Gasteiger partial charge >= 0.3 is 0 Å². The molecule has 1 saturated heterocycles. The molecule has 2 rings (SSSR count). The van der Waals surface area contributed by atoms with Gasteiger partial charge in [0.2, 0.25) is 0 Å². The number of nitrogens with zero attached hydrogens (tertiary/aromatic N) is 2. The van der Waals surface area contributed by atoms with E-state index in [-0.39, 0.29) is 6.04 Å². The lowest BCUT2D eigenvalue weighted by Crippen LogP contribution is -2.53.